The first kappa shape index (κ1) is 11.1. The van der Waals surface area contributed by atoms with Gasteiger partial charge in [-0.05, 0) is 11.6 Å². The van der Waals surface area contributed by atoms with Gasteiger partial charge in [0, 0.05) is 17.8 Å². The van der Waals surface area contributed by atoms with Crippen LogP contribution in [0.2, 0.25) is 0 Å². The van der Waals surface area contributed by atoms with Crippen molar-refractivity contribution in [3.8, 4) is 0 Å². The van der Waals surface area contributed by atoms with E-state index in [-0.39, 0.29) is 18.0 Å². The number of rotatable bonds is 3. The molecule has 1 heterocycles. The summed E-state index contributed by atoms with van der Waals surface area (Å²) in [6.07, 6.45) is 0.00426. The van der Waals surface area contributed by atoms with E-state index >= 15 is 0 Å². The zero-order chi connectivity index (χ0) is 12.6. The van der Waals surface area contributed by atoms with Crippen LogP contribution in [0.25, 0.3) is 0 Å². The minimum Gasteiger partial charge on any atom is -0.480 e. The number of carboxylic acid groups (broad SMARTS) is 1. The summed E-state index contributed by atoms with van der Waals surface area (Å²) < 4.78 is 0. The van der Waals surface area contributed by atoms with Crippen LogP contribution in [-0.4, -0.2) is 28.5 Å². The van der Waals surface area contributed by atoms with Gasteiger partial charge in [0.1, 0.15) is 6.54 Å². The third-order valence-electron chi connectivity index (χ3n) is 2.50. The number of aliphatic carboxylic acids is 1. The van der Waals surface area contributed by atoms with Gasteiger partial charge in [0.25, 0.3) is 5.69 Å². The molecular formula is C10H8N2O5. The molecule has 1 N–H and O–H groups in total. The van der Waals surface area contributed by atoms with E-state index in [4.69, 9.17) is 5.11 Å². The van der Waals surface area contributed by atoms with E-state index in [1.54, 1.807) is 0 Å². The fraction of sp³-hybridized carbons (Fsp3) is 0.200. The van der Waals surface area contributed by atoms with Crippen LogP contribution in [0.1, 0.15) is 5.56 Å². The lowest BCUT2D eigenvalue weighted by atomic mass is 10.1. The summed E-state index contributed by atoms with van der Waals surface area (Å²) in [6.45, 7) is -0.427. The highest BCUT2D eigenvalue weighted by atomic mass is 16.6. The summed E-state index contributed by atoms with van der Waals surface area (Å²) in [5, 5.41) is 19.2. The number of benzene rings is 1. The highest BCUT2D eigenvalue weighted by Crippen LogP contribution is 2.31. The van der Waals surface area contributed by atoms with Crippen molar-refractivity contribution < 1.29 is 19.6 Å². The van der Waals surface area contributed by atoms with E-state index < -0.39 is 17.4 Å². The molecule has 1 aliphatic heterocycles. The van der Waals surface area contributed by atoms with E-state index in [1.165, 1.54) is 18.2 Å². The predicted octanol–water partition coefficient (Wildman–Crippen LogP) is 0.568. The molecule has 17 heavy (non-hydrogen) atoms. The SMILES string of the molecule is O=C(O)CN1C(=O)Cc2cc([N+](=O)[O-])ccc21. The molecule has 0 bridgehead atoms. The second kappa shape index (κ2) is 3.85. The average molecular weight is 236 g/mol. The highest BCUT2D eigenvalue weighted by Gasteiger charge is 2.30. The Bertz CT molecular complexity index is 525. The molecule has 1 aromatic carbocycles. The van der Waals surface area contributed by atoms with Gasteiger partial charge >= 0.3 is 5.97 Å². The van der Waals surface area contributed by atoms with E-state index in [0.717, 1.165) is 4.90 Å². The van der Waals surface area contributed by atoms with Crippen molar-refractivity contribution >= 4 is 23.3 Å². The van der Waals surface area contributed by atoms with Crippen LogP contribution < -0.4 is 4.90 Å². The van der Waals surface area contributed by atoms with Crippen LogP contribution >= 0.6 is 0 Å². The summed E-state index contributed by atoms with van der Waals surface area (Å²) in [5.41, 5.74) is 0.821. The standard InChI is InChI=1S/C10H8N2O5/c13-9-4-6-3-7(12(16)17)1-2-8(6)11(9)5-10(14)15/h1-3H,4-5H2,(H,14,15). The van der Waals surface area contributed by atoms with Gasteiger partial charge in [-0.15, -0.1) is 0 Å². The van der Waals surface area contributed by atoms with Crippen molar-refractivity contribution in [2.75, 3.05) is 11.4 Å². The first-order valence-electron chi connectivity index (χ1n) is 4.78. The molecule has 1 aromatic rings. The Morgan fingerprint density at radius 3 is 2.82 bits per heavy atom. The average Bonchev–Trinajstić information content (AvgIpc) is 2.54. The molecule has 1 amide bonds. The largest absolute Gasteiger partial charge is 0.480 e. The summed E-state index contributed by atoms with van der Waals surface area (Å²) >= 11 is 0. The molecule has 0 unspecified atom stereocenters. The normalized spacial score (nSPS) is 13.6. The molecule has 0 saturated carbocycles. The van der Waals surface area contributed by atoms with Crippen LogP contribution in [0, 0.1) is 10.1 Å². The van der Waals surface area contributed by atoms with Crippen LogP contribution in [0.3, 0.4) is 0 Å². The number of hydrogen-bond acceptors (Lipinski definition) is 4. The molecular weight excluding hydrogens is 228 g/mol. The van der Waals surface area contributed by atoms with Crippen molar-refractivity contribution in [2.45, 2.75) is 6.42 Å². The zero-order valence-electron chi connectivity index (χ0n) is 8.62. The highest BCUT2D eigenvalue weighted by molar-refractivity contribution is 6.04. The van der Waals surface area contributed by atoms with Gasteiger partial charge < -0.3 is 10.0 Å². The van der Waals surface area contributed by atoms with Crippen molar-refractivity contribution in [1.29, 1.82) is 0 Å². The molecule has 7 heteroatoms. The maximum atomic E-state index is 11.5. The van der Waals surface area contributed by atoms with E-state index in [1.807, 2.05) is 0 Å². The molecule has 1 aliphatic rings. The zero-order valence-corrected chi connectivity index (χ0v) is 8.62. The molecule has 0 fully saturated rings. The number of hydrogen-bond donors (Lipinski definition) is 1. The van der Waals surface area contributed by atoms with Gasteiger partial charge in [-0.25, -0.2) is 0 Å². The van der Waals surface area contributed by atoms with Gasteiger partial charge in [0.05, 0.1) is 11.3 Å². The molecule has 0 aliphatic carbocycles. The van der Waals surface area contributed by atoms with Gasteiger partial charge in [0.2, 0.25) is 5.91 Å². The van der Waals surface area contributed by atoms with Gasteiger partial charge in [-0.3, -0.25) is 19.7 Å². The molecule has 0 saturated heterocycles. The Kier molecular flexibility index (Phi) is 2.51. The number of nitrogens with zero attached hydrogens (tertiary/aromatic N) is 2. The predicted molar refractivity (Wildman–Crippen MR) is 56.8 cm³/mol. The molecule has 0 atom stereocenters. The second-order valence-electron chi connectivity index (χ2n) is 3.62. The molecule has 0 radical (unpaired) electrons. The second-order valence-corrected chi connectivity index (χ2v) is 3.62. The van der Waals surface area contributed by atoms with E-state index in [9.17, 15) is 19.7 Å². The Balaban J connectivity index is 2.38. The maximum absolute atomic E-state index is 11.5. The fourth-order valence-corrected chi connectivity index (χ4v) is 1.79. The number of amides is 1. The Labute approximate surface area is 95.4 Å². The van der Waals surface area contributed by atoms with Crippen LogP contribution in [0.15, 0.2) is 18.2 Å². The number of carboxylic acids is 1. The van der Waals surface area contributed by atoms with E-state index in [0.29, 0.717) is 11.3 Å². The summed E-state index contributed by atoms with van der Waals surface area (Å²) in [7, 11) is 0. The van der Waals surface area contributed by atoms with Crippen molar-refractivity contribution in [3.05, 3.63) is 33.9 Å². The van der Waals surface area contributed by atoms with Crippen LogP contribution in [0.4, 0.5) is 11.4 Å². The van der Waals surface area contributed by atoms with Crippen LogP contribution in [0.5, 0.6) is 0 Å². The topological polar surface area (TPSA) is 101 Å². The lowest BCUT2D eigenvalue weighted by Gasteiger charge is -2.13. The molecule has 0 aromatic heterocycles. The lowest BCUT2D eigenvalue weighted by molar-refractivity contribution is -0.384. The fourth-order valence-electron chi connectivity index (χ4n) is 1.79. The van der Waals surface area contributed by atoms with Crippen LogP contribution in [-0.2, 0) is 16.0 Å². The molecule has 2 rings (SSSR count). The summed E-state index contributed by atoms with van der Waals surface area (Å²) in [4.78, 5) is 33.2. The lowest BCUT2D eigenvalue weighted by Crippen LogP contribution is -2.32. The third-order valence-corrected chi connectivity index (χ3v) is 2.50. The van der Waals surface area contributed by atoms with Crippen molar-refractivity contribution in [3.63, 3.8) is 0 Å². The van der Waals surface area contributed by atoms with Crippen molar-refractivity contribution in [2.24, 2.45) is 0 Å². The third kappa shape index (κ3) is 1.94. The van der Waals surface area contributed by atoms with E-state index in [2.05, 4.69) is 0 Å². The Morgan fingerprint density at radius 2 is 2.24 bits per heavy atom. The Morgan fingerprint density at radius 1 is 1.53 bits per heavy atom. The molecule has 88 valence electrons. The quantitative estimate of drug-likeness (QED) is 0.610. The van der Waals surface area contributed by atoms with Gasteiger partial charge in [-0.2, -0.15) is 0 Å². The number of nitro groups is 1. The maximum Gasteiger partial charge on any atom is 0.323 e. The number of carbonyl (C=O) groups excluding carboxylic acids is 1. The summed E-state index contributed by atoms with van der Waals surface area (Å²) in [5.74, 6) is -1.48. The Hall–Kier alpha value is -2.44. The first-order chi connectivity index (χ1) is 7.99. The molecule has 0 spiro atoms. The van der Waals surface area contributed by atoms with Gasteiger partial charge in [0.15, 0.2) is 0 Å². The number of non-ortho nitro benzene ring substituents is 1. The first-order valence-corrected chi connectivity index (χ1v) is 4.78. The monoisotopic (exact) mass is 236 g/mol. The number of fused-ring (bicyclic) bond motifs is 1. The number of nitro benzene ring substituents is 1. The smallest absolute Gasteiger partial charge is 0.323 e. The number of carbonyl (C=O) groups is 2. The minimum absolute atomic E-state index is 0.00426. The van der Waals surface area contributed by atoms with Crippen molar-refractivity contribution in [1.82, 2.24) is 0 Å². The minimum atomic E-state index is -1.12. The number of anilines is 1. The van der Waals surface area contributed by atoms with Gasteiger partial charge in [-0.1, -0.05) is 0 Å². The molecule has 7 nitrogen and oxygen atoms in total. The summed E-state index contributed by atoms with van der Waals surface area (Å²) in [6, 6.07) is 3.96.